The van der Waals surface area contributed by atoms with E-state index in [2.05, 4.69) is 16.3 Å². The van der Waals surface area contributed by atoms with Crippen molar-refractivity contribution in [3.05, 3.63) is 35.0 Å². The fraction of sp³-hybridized carbons (Fsp3) is 0.550. The Morgan fingerprint density at radius 2 is 2.27 bits per heavy atom. The number of nitrogens with zero attached hydrogens (tertiary/aromatic N) is 1. The number of rotatable bonds is 2. The number of carbonyl (C=O) groups is 1. The molecular weight excluding hydrogens is 332 g/mol. The van der Waals surface area contributed by atoms with Crippen LogP contribution in [0.1, 0.15) is 25.3 Å². The molecule has 3 aliphatic heterocycles. The smallest absolute Gasteiger partial charge is 0.335 e. The minimum absolute atomic E-state index is 0.00283. The van der Waals surface area contributed by atoms with Gasteiger partial charge < -0.3 is 20.3 Å². The lowest BCUT2D eigenvalue weighted by Gasteiger charge is -2.51. The van der Waals surface area contributed by atoms with Crippen LogP contribution < -0.4 is 5.32 Å². The van der Waals surface area contributed by atoms with E-state index < -0.39 is 6.10 Å². The molecule has 0 radical (unpaired) electrons. The van der Waals surface area contributed by atoms with Gasteiger partial charge in [0.2, 0.25) is 0 Å². The summed E-state index contributed by atoms with van der Waals surface area (Å²) in [6.07, 6.45) is 1.24. The molecule has 0 aromatic heterocycles. The van der Waals surface area contributed by atoms with Crippen molar-refractivity contribution in [2.45, 2.75) is 37.3 Å². The number of para-hydroxylation sites is 1. The van der Waals surface area contributed by atoms with Gasteiger partial charge in [0.1, 0.15) is 5.75 Å². The summed E-state index contributed by atoms with van der Waals surface area (Å²) in [4.78, 5) is 15.3. The molecule has 1 aliphatic carbocycles. The van der Waals surface area contributed by atoms with Crippen LogP contribution in [0.15, 0.2) is 29.5 Å². The van der Waals surface area contributed by atoms with Crippen LogP contribution in [0, 0.1) is 11.8 Å². The Hall–Kier alpha value is -2.05. The Kier molecular flexibility index (Phi) is 3.25. The van der Waals surface area contributed by atoms with Crippen LogP contribution in [0.2, 0.25) is 0 Å². The monoisotopic (exact) mass is 356 g/mol. The molecule has 2 bridgehead atoms. The number of esters is 1. The second-order valence-corrected chi connectivity index (χ2v) is 8.08. The van der Waals surface area contributed by atoms with Crippen molar-refractivity contribution in [3.63, 3.8) is 0 Å². The first-order chi connectivity index (χ1) is 12.5. The van der Waals surface area contributed by atoms with E-state index in [0.717, 1.165) is 37.2 Å². The first kappa shape index (κ1) is 16.1. The lowest BCUT2D eigenvalue weighted by Crippen LogP contribution is -2.57. The largest absolute Gasteiger partial charge is 0.506 e. The number of anilines is 1. The third-order valence-corrected chi connectivity index (χ3v) is 7.13. The molecule has 2 fully saturated rings. The lowest BCUT2D eigenvalue weighted by atomic mass is 9.60. The highest BCUT2D eigenvalue weighted by atomic mass is 16.5. The number of hydrogen-bond donors (Lipinski definition) is 3. The van der Waals surface area contributed by atoms with Gasteiger partial charge in [-0.1, -0.05) is 12.1 Å². The maximum absolute atomic E-state index is 12.8. The average molecular weight is 356 g/mol. The highest BCUT2D eigenvalue weighted by molar-refractivity contribution is 5.94. The summed E-state index contributed by atoms with van der Waals surface area (Å²) in [6.45, 7) is 3.52. The van der Waals surface area contributed by atoms with E-state index in [1.165, 1.54) is 7.11 Å². The number of phenols is 1. The molecule has 1 aromatic rings. The van der Waals surface area contributed by atoms with Gasteiger partial charge in [0.15, 0.2) is 0 Å². The van der Waals surface area contributed by atoms with E-state index in [1.54, 1.807) is 6.07 Å². The van der Waals surface area contributed by atoms with Crippen LogP contribution in [0.3, 0.4) is 0 Å². The molecule has 3 heterocycles. The first-order valence-corrected chi connectivity index (χ1v) is 9.33. The summed E-state index contributed by atoms with van der Waals surface area (Å²) in [5.74, 6) is -0.145. The molecule has 0 amide bonds. The van der Waals surface area contributed by atoms with Gasteiger partial charge >= 0.3 is 5.97 Å². The Bertz CT molecular complexity index is 833. The van der Waals surface area contributed by atoms with Gasteiger partial charge in [0.25, 0.3) is 0 Å². The van der Waals surface area contributed by atoms with Gasteiger partial charge in [-0.25, -0.2) is 4.79 Å². The summed E-state index contributed by atoms with van der Waals surface area (Å²) in [5.41, 5.74) is 3.04. The zero-order valence-electron chi connectivity index (χ0n) is 15.0. The standard InChI is InChI=1S/C20H24N2O4/c1-10(23)12-9-22-7-6-20-13-4-3-5-14(24)17(13)21-18(20)16(19(25)26-2)11(12)8-15(20)22/h3-5,10-12,15,21,23-24H,6-9H2,1-2H3/t10-,11+,12?,15+,20-/m1/s1. The van der Waals surface area contributed by atoms with Gasteiger partial charge in [0.05, 0.1) is 29.9 Å². The van der Waals surface area contributed by atoms with Gasteiger partial charge in [-0.3, -0.25) is 4.90 Å². The van der Waals surface area contributed by atoms with Gasteiger partial charge in [-0.15, -0.1) is 0 Å². The van der Waals surface area contributed by atoms with Gasteiger partial charge in [0, 0.05) is 30.1 Å². The highest BCUT2D eigenvalue weighted by Gasteiger charge is 2.63. The van der Waals surface area contributed by atoms with Crippen molar-refractivity contribution in [1.82, 2.24) is 4.90 Å². The van der Waals surface area contributed by atoms with Crippen molar-refractivity contribution < 1.29 is 19.7 Å². The van der Waals surface area contributed by atoms with E-state index >= 15 is 0 Å². The number of phenolic OH excluding ortho intramolecular Hbond substituents is 1. The molecule has 26 heavy (non-hydrogen) atoms. The van der Waals surface area contributed by atoms with Crippen LogP contribution in [-0.2, 0) is 14.9 Å². The molecule has 2 saturated heterocycles. The van der Waals surface area contributed by atoms with Crippen LogP contribution in [0.4, 0.5) is 5.69 Å². The molecule has 6 heteroatoms. The molecule has 6 nitrogen and oxygen atoms in total. The third-order valence-electron chi connectivity index (χ3n) is 7.13. The second kappa shape index (κ2) is 5.24. The summed E-state index contributed by atoms with van der Waals surface area (Å²) < 4.78 is 5.16. The van der Waals surface area contributed by atoms with E-state index in [0.29, 0.717) is 11.3 Å². The van der Waals surface area contributed by atoms with Crippen LogP contribution in [0.5, 0.6) is 5.75 Å². The summed E-state index contributed by atoms with van der Waals surface area (Å²) >= 11 is 0. The van der Waals surface area contributed by atoms with Crippen molar-refractivity contribution in [1.29, 1.82) is 0 Å². The predicted octanol–water partition coefficient (Wildman–Crippen LogP) is 1.59. The van der Waals surface area contributed by atoms with E-state index in [9.17, 15) is 15.0 Å². The van der Waals surface area contributed by atoms with E-state index in [1.807, 2.05) is 13.0 Å². The number of aromatic hydroxyl groups is 1. The third kappa shape index (κ3) is 1.76. The molecular formula is C20H24N2O4. The van der Waals surface area contributed by atoms with Crippen molar-refractivity contribution in [2.24, 2.45) is 11.8 Å². The zero-order valence-corrected chi connectivity index (χ0v) is 15.0. The zero-order chi connectivity index (χ0) is 18.2. The van der Waals surface area contributed by atoms with Crippen LogP contribution in [-0.4, -0.2) is 53.4 Å². The normalized spacial score (nSPS) is 35.6. The molecule has 138 valence electrons. The number of hydrogen-bond acceptors (Lipinski definition) is 6. The maximum atomic E-state index is 12.8. The number of fused-ring (bicyclic) bond motifs is 2. The topological polar surface area (TPSA) is 82.0 Å². The van der Waals surface area contributed by atoms with Crippen LogP contribution >= 0.6 is 0 Å². The van der Waals surface area contributed by atoms with Crippen molar-refractivity contribution >= 4 is 11.7 Å². The summed E-state index contributed by atoms with van der Waals surface area (Å²) in [5, 5.41) is 24.2. The number of benzene rings is 1. The maximum Gasteiger partial charge on any atom is 0.335 e. The molecule has 3 N–H and O–H groups in total. The Balaban J connectivity index is 1.79. The molecule has 0 saturated carbocycles. The van der Waals surface area contributed by atoms with E-state index in [4.69, 9.17) is 4.74 Å². The number of methoxy groups -OCH3 is 1. The molecule has 5 rings (SSSR count). The lowest BCUT2D eigenvalue weighted by molar-refractivity contribution is -0.138. The SMILES string of the molecule is COC(=O)C1=C2Nc3c(O)cccc3[C@@]23CCN2CC([C@@H](C)O)[C@@H]1C[C@H]23. The van der Waals surface area contributed by atoms with Crippen molar-refractivity contribution in [3.8, 4) is 5.75 Å². The number of nitrogens with one attached hydrogen (secondary N) is 1. The number of carbonyl (C=O) groups excluding carboxylic acids is 1. The molecule has 1 aromatic carbocycles. The predicted molar refractivity (Wildman–Crippen MR) is 95.7 cm³/mol. The average Bonchev–Trinajstić information content (AvgIpc) is 3.18. The Morgan fingerprint density at radius 3 is 3.00 bits per heavy atom. The van der Waals surface area contributed by atoms with Gasteiger partial charge in [-0.05, 0) is 37.9 Å². The number of aliphatic hydroxyl groups is 1. The van der Waals surface area contributed by atoms with Gasteiger partial charge in [-0.2, -0.15) is 0 Å². The van der Waals surface area contributed by atoms with Crippen molar-refractivity contribution in [2.75, 3.05) is 25.5 Å². The number of ether oxygens (including phenoxy) is 1. The quantitative estimate of drug-likeness (QED) is 0.551. The molecule has 4 aliphatic rings. The van der Waals surface area contributed by atoms with Crippen LogP contribution in [0.25, 0.3) is 0 Å². The molecule has 1 unspecified atom stereocenters. The fourth-order valence-corrected chi connectivity index (χ4v) is 6.03. The summed E-state index contributed by atoms with van der Waals surface area (Å²) in [6, 6.07) is 5.90. The van der Waals surface area contributed by atoms with E-state index in [-0.39, 0.29) is 35.0 Å². The first-order valence-electron chi connectivity index (χ1n) is 9.33. The minimum Gasteiger partial charge on any atom is -0.506 e. The number of aliphatic hydroxyl groups excluding tert-OH is 1. The second-order valence-electron chi connectivity index (χ2n) is 8.08. The highest BCUT2D eigenvalue weighted by Crippen LogP contribution is 2.62. The minimum atomic E-state index is -0.494. The molecule has 1 spiro atoms. The fourth-order valence-electron chi connectivity index (χ4n) is 6.03. The molecule has 5 atom stereocenters. The summed E-state index contributed by atoms with van der Waals surface area (Å²) in [7, 11) is 1.41. The Morgan fingerprint density at radius 1 is 1.46 bits per heavy atom. The Labute approximate surface area is 152 Å². The number of piperidine rings is 1.